The first-order chi connectivity index (χ1) is 11.6. The molecule has 0 radical (unpaired) electrons. The van der Waals surface area contributed by atoms with Crippen molar-refractivity contribution in [3.63, 3.8) is 0 Å². The maximum absolute atomic E-state index is 12.9. The number of fused-ring (bicyclic) bond motifs is 1. The molecule has 1 fully saturated rings. The lowest BCUT2D eigenvalue weighted by atomic mass is 9.87. The zero-order valence-corrected chi connectivity index (χ0v) is 14.4. The number of nitriles is 1. The number of amides is 1. The molecule has 0 bridgehead atoms. The number of piperidine rings is 1. The molecule has 1 aliphatic rings. The number of hydrogen-bond donors (Lipinski definition) is 0. The summed E-state index contributed by atoms with van der Waals surface area (Å²) in [5.74, 6) is -1.15. The van der Waals surface area contributed by atoms with Crippen molar-refractivity contribution in [1.82, 2.24) is 9.88 Å². The van der Waals surface area contributed by atoms with E-state index in [9.17, 15) is 14.9 Å². The molecule has 1 aliphatic heterocycles. The molecule has 6 heteroatoms. The number of para-hydroxylation sites is 1. The van der Waals surface area contributed by atoms with Crippen LogP contribution in [0, 0.1) is 17.2 Å². The maximum atomic E-state index is 12.9. The van der Waals surface area contributed by atoms with Gasteiger partial charge in [0.2, 0.25) is 5.91 Å². The van der Waals surface area contributed by atoms with Crippen LogP contribution in [0.1, 0.15) is 37.1 Å². The highest BCUT2D eigenvalue weighted by molar-refractivity contribution is 7.18. The van der Waals surface area contributed by atoms with E-state index in [0.717, 1.165) is 23.1 Å². The summed E-state index contributed by atoms with van der Waals surface area (Å²) < 4.78 is 0.979. The monoisotopic (exact) mass is 341 g/mol. The Morgan fingerprint density at radius 1 is 1.46 bits per heavy atom. The normalized spacial score (nSPS) is 19.0. The smallest absolute Gasteiger partial charge is 0.222 e. The minimum atomic E-state index is -0.843. The van der Waals surface area contributed by atoms with Crippen LogP contribution in [0.3, 0.4) is 0 Å². The molecular weight excluding hydrogens is 322 g/mol. The molecule has 1 saturated heterocycles. The molecule has 2 heterocycles. The Labute approximate surface area is 144 Å². The van der Waals surface area contributed by atoms with Crippen LogP contribution >= 0.6 is 11.3 Å². The number of nitrogens with zero attached hydrogens (tertiary/aromatic N) is 3. The van der Waals surface area contributed by atoms with E-state index >= 15 is 0 Å². The Balaban J connectivity index is 1.81. The van der Waals surface area contributed by atoms with Gasteiger partial charge in [0.1, 0.15) is 5.01 Å². The van der Waals surface area contributed by atoms with Gasteiger partial charge in [-0.1, -0.05) is 19.1 Å². The summed E-state index contributed by atoms with van der Waals surface area (Å²) in [6, 6.07) is 9.77. The highest BCUT2D eigenvalue weighted by Gasteiger charge is 2.34. The van der Waals surface area contributed by atoms with Gasteiger partial charge in [0.05, 0.1) is 16.3 Å². The third-order valence-electron chi connectivity index (χ3n) is 4.45. The quantitative estimate of drug-likeness (QED) is 0.856. The van der Waals surface area contributed by atoms with E-state index in [1.165, 1.54) is 11.3 Å². The molecule has 3 rings (SSSR count). The summed E-state index contributed by atoms with van der Waals surface area (Å²) in [6.45, 7) is 2.95. The zero-order chi connectivity index (χ0) is 17.1. The fourth-order valence-corrected chi connectivity index (χ4v) is 4.17. The van der Waals surface area contributed by atoms with E-state index in [1.807, 2.05) is 31.2 Å². The summed E-state index contributed by atoms with van der Waals surface area (Å²) in [4.78, 5) is 31.0. The number of carbonyl (C=O) groups is 2. The van der Waals surface area contributed by atoms with Crippen molar-refractivity contribution in [2.75, 3.05) is 13.1 Å². The third-order valence-corrected chi connectivity index (χ3v) is 5.55. The van der Waals surface area contributed by atoms with Gasteiger partial charge in [0, 0.05) is 25.4 Å². The van der Waals surface area contributed by atoms with Crippen molar-refractivity contribution in [2.24, 2.45) is 5.92 Å². The molecule has 0 saturated carbocycles. The van der Waals surface area contributed by atoms with Crippen molar-refractivity contribution in [1.29, 1.82) is 5.26 Å². The van der Waals surface area contributed by atoms with Crippen LogP contribution in [0.4, 0.5) is 0 Å². The second-order valence-corrected chi connectivity index (χ2v) is 7.08. The number of aromatic nitrogens is 1. The Bertz CT molecular complexity index is 775. The molecule has 124 valence electrons. The van der Waals surface area contributed by atoms with Crippen LogP contribution < -0.4 is 0 Å². The van der Waals surface area contributed by atoms with E-state index in [2.05, 4.69) is 11.1 Å². The van der Waals surface area contributed by atoms with Gasteiger partial charge < -0.3 is 4.90 Å². The summed E-state index contributed by atoms with van der Waals surface area (Å²) in [7, 11) is 0. The molecule has 0 spiro atoms. The largest absolute Gasteiger partial charge is 0.342 e. The number of benzene rings is 1. The average Bonchev–Trinajstić information content (AvgIpc) is 3.05. The zero-order valence-electron chi connectivity index (χ0n) is 13.6. The van der Waals surface area contributed by atoms with E-state index in [0.29, 0.717) is 24.5 Å². The van der Waals surface area contributed by atoms with E-state index in [-0.39, 0.29) is 17.6 Å². The molecule has 2 atom stereocenters. The molecule has 2 unspecified atom stereocenters. The van der Waals surface area contributed by atoms with Crippen molar-refractivity contribution >= 4 is 33.2 Å². The molecule has 5 nitrogen and oxygen atoms in total. The highest BCUT2D eigenvalue weighted by Crippen LogP contribution is 2.31. The molecule has 0 N–H and O–H groups in total. The second-order valence-electron chi connectivity index (χ2n) is 6.02. The van der Waals surface area contributed by atoms with Crippen LogP contribution in [0.5, 0.6) is 0 Å². The first-order valence-corrected chi connectivity index (χ1v) is 9.02. The van der Waals surface area contributed by atoms with E-state index in [1.54, 1.807) is 4.90 Å². The molecule has 0 aliphatic carbocycles. The standard InChI is InChI=1S/C18H19N3O2S/c1-2-16(22)21-9-5-6-12(11-21)17(23)13(10-19)18-20-14-7-3-4-8-15(14)24-18/h3-4,7-8,12-13H,2,5-6,9,11H2,1H3. The van der Waals surface area contributed by atoms with Crippen molar-refractivity contribution in [3.05, 3.63) is 29.3 Å². The molecule has 1 aromatic heterocycles. The molecule has 1 aromatic carbocycles. The fraction of sp³-hybridized carbons (Fsp3) is 0.444. The number of ketones is 1. The number of likely N-dealkylation sites (tertiary alicyclic amines) is 1. The molecule has 2 aromatic rings. The third kappa shape index (κ3) is 3.17. The Morgan fingerprint density at radius 3 is 2.96 bits per heavy atom. The summed E-state index contributed by atoms with van der Waals surface area (Å²) in [5, 5.41) is 10.1. The number of hydrogen-bond acceptors (Lipinski definition) is 5. The summed E-state index contributed by atoms with van der Waals surface area (Å²) in [6.07, 6.45) is 1.98. The van der Waals surface area contributed by atoms with Crippen molar-refractivity contribution in [2.45, 2.75) is 32.1 Å². The topological polar surface area (TPSA) is 74.1 Å². The lowest BCUT2D eigenvalue weighted by molar-refractivity contribution is -0.134. The SMILES string of the molecule is CCC(=O)N1CCCC(C(=O)C(C#N)c2nc3ccccc3s2)C1. The second kappa shape index (κ2) is 7.10. The number of carbonyl (C=O) groups excluding carboxylic acids is 2. The molecular formula is C18H19N3O2S. The van der Waals surface area contributed by atoms with Gasteiger partial charge in [-0.25, -0.2) is 4.98 Å². The highest BCUT2D eigenvalue weighted by atomic mass is 32.1. The summed E-state index contributed by atoms with van der Waals surface area (Å²) >= 11 is 1.40. The van der Waals surface area contributed by atoms with Gasteiger partial charge in [0.25, 0.3) is 0 Å². The predicted molar refractivity (Wildman–Crippen MR) is 92.6 cm³/mol. The van der Waals surface area contributed by atoms with E-state index < -0.39 is 5.92 Å². The van der Waals surface area contributed by atoms with Crippen LogP contribution in [-0.2, 0) is 9.59 Å². The number of Topliss-reactive ketones (excluding diaryl/α,β-unsaturated/α-hetero) is 1. The maximum Gasteiger partial charge on any atom is 0.222 e. The van der Waals surface area contributed by atoms with Gasteiger partial charge in [-0.05, 0) is 25.0 Å². The van der Waals surface area contributed by atoms with Gasteiger partial charge in [-0.3, -0.25) is 9.59 Å². The van der Waals surface area contributed by atoms with Gasteiger partial charge in [-0.15, -0.1) is 11.3 Å². The lowest BCUT2D eigenvalue weighted by Gasteiger charge is -2.32. The minimum absolute atomic E-state index is 0.0704. The first kappa shape index (κ1) is 16.6. The van der Waals surface area contributed by atoms with Gasteiger partial charge in [-0.2, -0.15) is 5.26 Å². The Morgan fingerprint density at radius 2 is 2.25 bits per heavy atom. The Kier molecular flexibility index (Phi) is 4.91. The molecule has 1 amide bonds. The predicted octanol–water partition coefficient (Wildman–Crippen LogP) is 3.12. The van der Waals surface area contributed by atoms with Crippen molar-refractivity contribution < 1.29 is 9.59 Å². The van der Waals surface area contributed by atoms with Gasteiger partial charge >= 0.3 is 0 Å². The summed E-state index contributed by atoms with van der Waals surface area (Å²) in [5.41, 5.74) is 0.817. The van der Waals surface area contributed by atoms with Crippen LogP contribution in [0.25, 0.3) is 10.2 Å². The van der Waals surface area contributed by atoms with Gasteiger partial charge in [0.15, 0.2) is 11.7 Å². The molecule has 24 heavy (non-hydrogen) atoms. The first-order valence-electron chi connectivity index (χ1n) is 8.20. The number of rotatable bonds is 4. The van der Waals surface area contributed by atoms with Crippen molar-refractivity contribution in [3.8, 4) is 6.07 Å². The van der Waals surface area contributed by atoms with Crippen LogP contribution in [-0.4, -0.2) is 34.7 Å². The minimum Gasteiger partial charge on any atom is -0.342 e. The van der Waals surface area contributed by atoms with E-state index in [4.69, 9.17) is 0 Å². The van der Waals surface area contributed by atoms with Crippen LogP contribution in [0.15, 0.2) is 24.3 Å². The number of thiazole rings is 1. The van der Waals surface area contributed by atoms with Crippen LogP contribution in [0.2, 0.25) is 0 Å². The fourth-order valence-electron chi connectivity index (χ4n) is 3.15. The Hall–Kier alpha value is -2.26. The average molecular weight is 341 g/mol. The lowest BCUT2D eigenvalue weighted by Crippen LogP contribution is -2.43.